The number of para-hydroxylation sites is 1. The first-order chi connectivity index (χ1) is 14.3. The number of aromatic nitrogens is 5. The molecule has 6 nitrogen and oxygen atoms in total. The number of pyridine rings is 1. The summed E-state index contributed by atoms with van der Waals surface area (Å²) in [6.07, 6.45) is 3.48. The summed E-state index contributed by atoms with van der Waals surface area (Å²) in [6.45, 7) is 2.02. The Labute approximate surface area is 171 Å². The van der Waals surface area contributed by atoms with Gasteiger partial charge in [-0.25, -0.2) is 9.97 Å². The van der Waals surface area contributed by atoms with E-state index in [1.165, 1.54) is 11.8 Å². The Morgan fingerprint density at radius 3 is 2.59 bits per heavy atom. The van der Waals surface area contributed by atoms with Crippen LogP contribution in [0.15, 0.2) is 87.7 Å². The van der Waals surface area contributed by atoms with E-state index in [4.69, 9.17) is 9.40 Å². The zero-order valence-corrected chi connectivity index (χ0v) is 16.3. The molecule has 7 heteroatoms. The molecule has 0 spiro atoms. The summed E-state index contributed by atoms with van der Waals surface area (Å²) >= 11 is 1.34. The van der Waals surface area contributed by atoms with Crippen LogP contribution >= 0.6 is 11.8 Å². The van der Waals surface area contributed by atoms with Crippen LogP contribution in [-0.4, -0.2) is 25.1 Å². The van der Waals surface area contributed by atoms with E-state index in [2.05, 4.69) is 20.2 Å². The van der Waals surface area contributed by atoms with E-state index in [0.717, 1.165) is 32.6 Å². The van der Waals surface area contributed by atoms with Crippen molar-refractivity contribution in [3.8, 4) is 22.8 Å². The van der Waals surface area contributed by atoms with Crippen LogP contribution in [0.4, 0.5) is 0 Å². The minimum Gasteiger partial charge on any atom is -0.411 e. The standard InChI is InChI=1S/C22H15N5OS/c1-14-7-2-3-9-16(14)20-26-27-22(28-20)29-21-17-10-4-5-11-18(17)24-19(25-21)15-8-6-12-23-13-15/h2-13H,1H3. The van der Waals surface area contributed by atoms with Crippen LogP contribution < -0.4 is 0 Å². The first-order valence-electron chi connectivity index (χ1n) is 9.02. The summed E-state index contributed by atoms with van der Waals surface area (Å²) in [7, 11) is 0. The minimum absolute atomic E-state index is 0.434. The summed E-state index contributed by atoms with van der Waals surface area (Å²) < 4.78 is 5.92. The number of hydrogen-bond acceptors (Lipinski definition) is 7. The van der Waals surface area contributed by atoms with E-state index < -0.39 is 0 Å². The summed E-state index contributed by atoms with van der Waals surface area (Å²) in [5.41, 5.74) is 3.71. The van der Waals surface area contributed by atoms with Crippen LogP contribution in [0.5, 0.6) is 0 Å². The van der Waals surface area contributed by atoms with Gasteiger partial charge >= 0.3 is 0 Å². The molecule has 0 aliphatic rings. The first-order valence-corrected chi connectivity index (χ1v) is 9.84. The van der Waals surface area contributed by atoms with Gasteiger partial charge in [-0.2, -0.15) is 0 Å². The van der Waals surface area contributed by atoms with Gasteiger partial charge in [-0.1, -0.05) is 36.4 Å². The van der Waals surface area contributed by atoms with Crippen molar-refractivity contribution in [2.45, 2.75) is 17.2 Å². The zero-order chi connectivity index (χ0) is 19.6. The molecular weight excluding hydrogens is 382 g/mol. The molecule has 3 heterocycles. The van der Waals surface area contributed by atoms with Crippen molar-refractivity contribution in [1.29, 1.82) is 0 Å². The van der Waals surface area contributed by atoms with Gasteiger partial charge < -0.3 is 4.42 Å². The Kier molecular flexibility index (Phi) is 4.50. The van der Waals surface area contributed by atoms with E-state index in [1.54, 1.807) is 12.4 Å². The molecule has 0 unspecified atom stereocenters. The molecule has 0 atom stereocenters. The third kappa shape index (κ3) is 3.48. The van der Waals surface area contributed by atoms with Crippen LogP contribution in [-0.2, 0) is 0 Å². The monoisotopic (exact) mass is 397 g/mol. The molecule has 3 aromatic heterocycles. The molecule has 5 rings (SSSR count). The van der Waals surface area contributed by atoms with Gasteiger partial charge in [0.15, 0.2) is 5.82 Å². The lowest BCUT2D eigenvalue weighted by Crippen LogP contribution is -1.94. The average Bonchev–Trinajstić information content (AvgIpc) is 3.23. The fourth-order valence-electron chi connectivity index (χ4n) is 3.00. The van der Waals surface area contributed by atoms with E-state index >= 15 is 0 Å². The SMILES string of the molecule is Cc1ccccc1-c1nnc(Sc2nc(-c3cccnc3)nc3ccccc23)o1. The fourth-order valence-corrected chi connectivity index (χ4v) is 3.79. The molecule has 0 N–H and O–H groups in total. The predicted molar refractivity (Wildman–Crippen MR) is 111 cm³/mol. The Balaban J connectivity index is 1.56. The second kappa shape index (κ2) is 7.44. The highest BCUT2D eigenvalue weighted by Gasteiger charge is 2.16. The molecule has 140 valence electrons. The quantitative estimate of drug-likeness (QED) is 0.386. The second-order valence-corrected chi connectivity index (χ2v) is 7.34. The maximum Gasteiger partial charge on any atom is 0.283 e. The van der Waals surface area contributed by atoms with E-state index in [0.29, 0.717) is 16.9 Å². The van der Waals surface area contributed by atoms with Gasteiger partial charge in [0.05, 0.1) is 5.52 Å². The summed E-state index contributed by atoms with van der Waals surface area (Å²) in [5, 5.41) is 10.5. The largest absolute Gasteiger partial charge is 0.411 e. The Morgan fingerprint density at radius 2 is 1.72 bits per heavy atom. The molecular formula is C22H15N5OS. The minimum atomic E-state index is 0.434. The summed E-state index contributed by atoms with van der Waals surface area (Å²) in [5.74, 6) is 1.11. The molecule has 0 amide bonds. The maximum atomic E-state index is 5.92. The number of rotatable bonds is 4. The molecule has 0 aliphatic carbocycles. The highest BCUT2D eigenvalue weighted by atomic mass is 32.2. The third-order valence-electron chi connectivity index (χ3n) is 4.45. The topological polar surface area (TPSA) is 77.6 Å². The first kappa shape index (κ1) is 17.5. The molecule has 29 heavy (non-hydrogen) atoms. The number of benzene rings is 2. The van der Waals surface area contributed by atoms with Crippen LogP contribution in [0.3, 0.4) is 0 Å². The molecule has 0 radical (unpaired) electrons. The van der Waals surface area contributed by atoms with Crippen molar-refractivity contribution in [3.05, 3.63) is 78.6 Å². The Morgan fingerprint density at radius 1 is 0.862 bits per heavy atom. The van der Waals surface area contributed by atoms with Crippen molar-refractivity contribution in [2.75, 3.05) is 0 Å². The van der Waals surface area contributed by atoms with E-state index in [1.807, 2.05) is 67.6 Å². The van der Waals surface area contributed by atoms with Crippen LogP contribution in [0, 0.1) is 6.92 Å². The average molecular weight is 397 g/mol. The van der Waals surface area contributed by atoms with Crippen molar-refractivity contribution in [2.24, 2.45) is 0 Å². The Bertz CT molecular complexity index is 1300. The molecule has 0 bridgehead atoms. The maximum absolute atomic E-state index is 5.92. The molecule has 0 saturated heterocycles. The van der Waals surface area contributed by atoms with Gasteiger partial charge in [0.25, 0.3) is 5.22 Å². The molecule has 5 aromatic rings. The highest BCUT2D eigenvalue weighted by Crippen LogP contribution is 2.34. The van der Waals surface area contributed by atoms with Gasteiger partial charge in [0.2, 0.25) is 5.89 Å². The van der Waals surface area contributed by atoms with Gasteiger partial charge in [0, 0.05) is 28.9 Å². The third-order valence-corrected chi connectivity index (χ3v) is 5.30. The van der Waals surface area contributed by atoms with Gasteiger partial charge in [0.1, 0.15) is 5.03 Å². The molecule has 0 saturated carbocycles. The van der Waals surface area contributed by atoms with Crippen molar-refractivity contribution in [3.63, 3.8) is 0 Å². The number of fused-ring (bicyclic) bond motifs is 1. The predicted octanol–water partition coefficient (Wildman–Crippen LogP) is 5.20. The van der Waals surface area contributed by atoms with Crippen LogP contribution in [0.2, 0.25) is 0 Å². The van der Waals surface area contributed by atoms with Gasteiger partial charge in [-0.05, 0) is 48.5 Å². The lowest BCUT2D eigenvalue weighted by molar-refractivity contribution is 0.465. The second-order valence-electron chi connectivity index (χ2n) is 6.40. The number of aryl methyl sites for hydroxylation is 1. The van der Waals surface area contributed by atoms with Crippen molar-refractivity contribution in [1.82, 2.24) is 25.1 Å². The number of hydrogen-bond donors (Lipinski definition) is 0. The molecule has 2 aromatic carbocycles. The normalized spacial score (nSPS) is 11.1. The van der Waals surface area contributed by atoms with Gasteiger partial charge in [-0.15, -0.1) is 10.2 Å². The highest BCUT2D eigenvalue weighted by molar-refractivity contribution is 7.99. The molecule has 0 fully saturated rings. The summed E-state index contributed by atoms with van der Waals surface area (Å²) in [6, 6.07) is 19.6. The lowest BCUT2D eigenvalue weighted by atomic mass is 10.1. The Hall–Kier alpha value is -3.58. The summed E-state index contributed by atoms with van der Waals surface area (Å²) in [4.78, 5) is 13.6. The van der Waals surface area contributed by atoms with Gasteiger partial charge in [-0.3, -0.25) is 4.98 Å². The lowest BCUT2D eigenvalue weighted by Gasteiger charge is -2.06. The zero-order valence-electron chi connectivity index (χ0n) is 15.5. The van der Waals surface area contributed by atoms with Crippen LogP contribution in [0.1, 0.15) is 5.56 Å². The van der Waals surface area contributed by atoms with E-state index in [9.17, 15) is 0 Å². The van der Waals surface area contributed by atoms with Crippen LogP contribution in [0.25, 0.3) is 33.7 Å². The fraction of sp³-hybridized carbons (Fsp3) is 0.0455. The number of nitrogens with zero attached hydrogens (tertiary/aromatic N) is 5. The smallest absolute Gasteiger partial charge is 0.283 e. The molecule has 0 aliphatic heterocycles. The van der Waals surface area contributed by atoms with Crippen molar-refractivity contribution >= 4 is 22.7 Å². The van der Waals surface area contributed by atoms with Crippen molar-refractivity contribution < 1.29 is 4.42 Å². The van der Waals surface area contributed by atoms with E-state index in [-0.39, 0.29) is 0 Å².